The molecule has 0 spiro atoms. The lowest BCUT2D eigenvalue weighted by atomic mass is 10.6. The Bertz CT molecular complexity index is 341. The van der Waals surface area contributed by atoms with Crippen LogP contribution in [-0.2, 0) is 9.53 Å². The van der Waals surface area contributed by atoms with Crippen molar-refractivity contribution in [1.29, 1.82) is 0 Å². The van der Waals surface area contributed by atoms with Crippen molar-refractivity contribution < 1.29 is 9.53 Å². The summed E-state index contributed by atoms with van der Waals surface area (Å²) in [6, 6.07) is 1.44. The molecule has 1 aromatic rings. The van der Waals surface area contributed by atoms with Gasteiger partial charge in [0.25, 0.3) is 0 Å². The predicted molar refractivity (Wildman–Crippen MR) is 58.8 cm³/mol. The van der Waals surface area contributed by atoms with E-state index in [9.17, 15) is 4.79 Å². The smallest absolute Gasteiger partial charge is 0.316 e. The van der Waals surface area contributed by atoms with Gasteiger partial charge in [-0.2, -0.15) is 0 Å². The molecule has 2 N–H and O–H groups in total. The summed E-state index contributed by atoms with van der Waals surface area (Å²) in [7, 11) is 0. The van der Waals surface area contributed by atoms with Crippen molar-refractivity contribution in [2.45, 2.75) is 12.1 Å². The normalized spacial score (nSPS) is 10.0. The summed E-state index contributed by atoms with van der Waals surface area (Å²) in [6.45, 7) is 2.11. The summed E-state index contributed by atoms with van der Waals surface area (Å²) < 4.78 is 4.74. The second kappa shape index (κ2) is 5.77. The minimum Gasteiger partial charge on any atom is -0.465 e. The van der Waals surface area contributed by atoms with Gasteiger partial charge in [-0.25, -0.2) is 9.97 Å². The number of rotatable bonds is 4. The van der Waals surface area contributed by atoms with E-state index in [1.165, 1.54) is 6.07 Å². The highest BCUT2D eigenvalue weighted by Crippen LogP contribution is 2.17. The van der Waals surface area contributed by atoms with E-state index >= 15 is 0 Å². The number of carbonyl (C=O) groups excluding carboxylic acids is 1. The van der Waals surface area contributed by atoms with Crippen LogP contribution in [0.5, 0.6) is 0 Å². The lowest BCUT2D eigenvalue weighted by molar-refractivity contribution is -0.139. The Hall–Kier alpha value is -1.01. The number of nitrogen functional groups attached to an aromatic ring is 1. The average Bonchev–Trinajstić information content (AvgIpc) is 2.14. The van der Waals surface area contributed by atoms with Crippen LogP contribution in [0.2, 0.25) is 5.15 Å². The van der Waals surface area contributed by atoms with Gasteiger partial charge in [0.15, 0.2) is 5.16 Å². The third-order valence-electron chi connectivity index (χ3n) is 1.32. The van der Waals surface area contributed by atoms with Gasteiger partial charge in [0.2, 0.25) is 0 Å². The fourth-order valence-corrected chi connectivity index (χ4v) is 1.71. The van der Waals surface area contributed by atoms with Crippen LogP contribution in [-0.4, -0.2) is 28.3 Å². The van der Waals surface area contributed by atoms with Gasteiger partial charge in [0, 0.05) is 6.07 Å². The molecule has 0 aliphatic heterocycles. The van der Waals surface area contributed by atoms with Crippen molar-refractivity contribution >= 4 is 35.1 Å². The van der Waals surface area contributed by atoms with Crippen molar-refractivity contribution in [1.82, 2.24) is 9.97 Å². The highest BCUT2D eigenvalue weighted by atomic mass is 35.5. The molecule has 0 fully saturated rings. The number of nitrogens with two attached hydrogens (primary N) is 1. The molecule has 7 heteroatoms. The Morgan fingerprint density at radius 3 is 3.00 bits per heavy atom. The topological polar surface area (TPSA) is 78.1 Å². The summed E-state index contributed by atoms with van der Waals surface area (Å²) in [6.07, 6.45) is 0. The van der Waals surface area contributed by atoms with E-state index in [2.05, 4.69) is 9.97 Å². The largest absolute Gasteiger partial charge is 0.465 e. The molecule has 5 nitrogen and oxygen atoms in total. The maximum absolute atomic E-state index is 11.0. The number of thioether (sulfide) groups is 1. The highest BCUT2D eigenvalue weighted by Gasteiger charge is 2.06. The highest BCUT2D eigenvalue weighted by molar-refractivity contribution is 7.99. The number of hydrogen-bond donors (Lipinski definition) is 1. The third-order valence-corrected chi connectivity index (χ3v) is 2.33. The molecule has 1 aromatic heterocycles. The molecule has 0 unspecified atom stereocenters. The molecular formula is C8H10ClN3O2S. The van der Waals surface area contributed by atoms with Gasteiger partial charge in [0.05, 0.1) is 12.4 Å². The van der Waals surface area contributed by atoms with Gasteiger partial charge in [-0.15, -0.1) is 0 Å². The molecule has 0 aliphatic carbocycles. The molecular weight excluding hydrogens is 238 g/mol. The number of aromatic nitrogens is 2. The first-order chi connectivity index (χ1) is 7.11. The minimum atomic E-state index is -0.315. The van der Waals surface area contributed by atoms with Gasteiger partial charge < -0.3 is 10.5 Å². The Labute approximate surface area is 96.4 Å². The molecule has 0 bridgehead atoms. The first kappa shape index (κ1) is 12.1. The molecule has 0 aromatic carbocycles. The number of halogens is 1. The van der Waals surface area contributed by atoms with E-state index in [1.54, 1.807) is 6.92 Å². The monoisotopic (exact) mass is 247 g/mol. The first-order valence-electron chi connectivity index (χ1n) is 4.20. The second-order valence-corrected chi connectivity index (χ2v) is 3.82. The zero-order chi connectivity index (χ0) is 11.3. The first-order valence-corrected chi connectivity index (χ1v) is 5.56. The summed E-state index contributed by atoms with van der Waals surface area (Å²) >= 11 is 6.80. The van der Waals surface area contributed by atoms with E-state index in [4.69, 9.17) is 22.1 Å². The molecule has 82 valence electrons. The maximum Gasteiger partial charge on any atom is 0.316 e. The number of nitrogens with zero attached hydrogens (tertiary/aromatic N) is 2. The van der Waals surface area contributed by atoms with Crippen LogP contribution in [0.1, 0.15) is 6.92 Å². The van der Waals surface area contributed by atoms with Crippen LogP contribution in [0.25, 0.3) is 0 Å². The second-order valence-electron chi connectivity index (χ2n) is 2.49. The van der Waals surface area contributed by atoms with E-state index in [0.717, 1.165) is 11.8 Å². The Morgan fingerprint density at radius 2 is 2.40 bits per heavy atom. The fraction of sp³-hybridized carbons (Fsp3) is 0.375. The molecule has 0 aliphatic rings. The Morgan fingerprint density at radius 1 is 1.67 bits per heavy atom. The summed E-state index contributed by atoms with van der Waals surface area (Å²) in [5.74, 6) is 0.110. The molecule has 0 amide bonds. The van der Waals surface area contributed by atoms with E-state index in [1.807, 2.05) is 0 Å². The quantitative estimate of drug-likeness (QED) is 0.375. The molecule has 1 rings (SSSR count). The summed E-state index contributed by atoms with van der Waals surface area (Å²) in [4.78, 5) is 18.8. The molecule has 1 heterocycles. The van der Waals surface area contributed by atoms with E-state index < -0.39 is 0 Å². The molecule has 0 saturated carbocycles. The third kappa shape index (κ3) is 4.35. The van der Waals surface area contributed by atoms with Crippen molar-refractivity contribution in [2.75, 3.05) is 18.1 Å². The van der Waals surface area contributed by atoms with Crippen LogP contribution < -0.4 is 5.73 Å². The Balaban J connectivity index is 2.54. The van der Waals surface area contributed by atoms with Crippen LogP contribution in [0.4, 0.5) is 5.82 Å². The number of anilines is 1. The standard InChI is InChI=1S/C8H10ClN3O2S/c1-2-14-7(13)4-15-8-11-5(9)3-6(10)12-8/h3H,2,4H2,1H3,(H2,10,11,12). The van der Waals surface area contributed by atoms with E-state index in [0.29, 0.717) is 11.8 Å². The fourth-order valence-electron chi connectivity index (χ4n) is 0.804. The molecule has 0 saturated heterocycles. The molecule has 15 heavy (non-hydrogen) atoms. The SMILES string of the molecule is CCOC(=O)CSc1nc(N)cc(Cl)n1. The minimum absolute atomic E-state index is 0.146. The summed E-state index contributed by atoms with van der Waals surface area (Å²) in [5, 5.41) is 0.627. The van der Waals surface area contributed by atoms with E-state index in [-0.39, 0.29) is 22.7 Å². The van der Waals surface area contributed by atoms with Crippen molar-refractivity contribution in [3.05, 3.63) is 11.2 Å². The molecule has 0 atom stereocenters. The van der Waals surface area contributed by atoms with Gasteiger partial charge in [-0.1, -0.05) is 23.4 Å². The van der Waals surface area contributed by atoms with Crippen molar-refractivity contribution in [3.8, 4) is 0 Å². The van der Waals surface area contributed by atoms with Gasteiger partial charge in [0.1, 0.15) is 11.0 Å². The summed E-state index contributed by atoms with van der Waals surface area (Å²) in [5.41, 5.74) is 5.46. The molecule has 0 radical (unpaired) electrons. The predicted octanol–water partition coefficient (Wildman–Crippen LogP) is 1.37. The number of ether oxygens (including phenoxy) is 1. The number of carbonyl (C=O) groups is 1. The van der Waals surface area contributed by atoms with Crippen LogP contribution in [0.15, 0.2) is 11.2 Å². The van der Waals surface area contributed by atoms with Crippen LogP contribution in [0, 0.1) is 0 Å². The number of hydrogen-bond acceptors (Lipinski definition) is 6. The van der Waals surface area contributed by atoms with Crippen molar-refractivity contribution in [3.63, 3.8) is 0 Å². The van der Waals surface area contributed by atoms with Crippen LogP contribution in [0.3, 0.4) is 0 Å². The lowest BCUT2D eigenvalue weighted by Gasteiger charge is -2.01. The van der Waals surface area contributed by atoms with Crippen molar-refractivity contribution in [2.24, 2.45) is 0 Å². The lowest BCUT2D eigenvalue weighted by Crippen LogP contribution is -2.07. The van der Waals surface area contributed by atoms with Gasteiger partial charge in [-0.3, -0.25) is 4.79 Å². The Kier molecular flexibility index (Phi) is 4.64. The van der Waals surface area contributed by atoms with Crippen LogP contribution >= 0.6 is 23.4 Å². The van der Waals surface area contributed by atoms with Gasteiger partial charge in [-0.05, 0) is 6.92 Å². The zero-order valence-corrected chi connectivity index (χ0v) is 9.64. The maximum atomic E-state index is 11.0. The number of esters is 1. The zero-order valence-electron chi connectivity index (χ0n) is 8.07. The average molecular weight is 248 g/mol. The van der Waals surface area contributed by atoms with Gasteiger partial charge >= 0.3 is 5.97 Å².